The average molecular weight is 287 g/mol. The van der Waals surface area contributed by atoms with Crippen molar-refractivity contribution in [2.45, 2.75) is 65.0 Å². The largest absolute Gasteiger partial charge is 0.356 e. The summed E-state index contributed by atoms with van der Waals surface area (Å²) in [6.45, 7) is 10.1. The van der Waals surface area contributed by atoms with E-state index in [-0.39, 0.29) is 0 Å². The highest BCUT2D eigenvalue weighted by molar-refractivity contribution is 5.44. The van der Waals surface area contributed by atoms with E-state index < -0.39 is 0 Å². The average Bonchev–Trinajstić information content (AvgIpc) is 3.29. The minimum atomic E-state index is 0.492. The van der Waals surface area contributed by atoms with E-state index in [0.717, 1.165) is 31.6 Å². The van der Waals surface area contributed by atoms with E-state index in [1.54, 1.807) is 0 Å². The third kappa shape index (κ3) is 3.97. The fourth-order valence-corrected chi connectivity index (χ4v) is 3.10. The third-order valence-electron chi connectivity index (χ3n) is 4.64. The molecule has 1 aromatic rings. The Labute approximate surface area is 129 Å². The second kappa shape index (κ2) is 6.35. The zero-order valence-corrected chi connectivity index (χ0v) is 13.7. The molecule has 0 bridgehead atoms. The topological polar surface area (TPSA) is 28.2 Å². The fourth-order valence-electron chi connectivity index (χ4n) is 3.10. The van der Waals surface area contributed by atoms with Crippen LogP contribution in [0.25, 0.3) is 0 Å². The Bertz CT molecular complexity index is 479. The van der Waals surface area contributed by atoms with Crippen molar-refractivity contribution >= 4 is 5.82 Å². The smallest absolute Gasteiger partial charge is 0.129 e. The third-order valence-corrected chi connectivity index (χ3v) is 4.64. The molecule has 0 amide bonds. The molecule has 1 saturated heterocycles. The van der Waals surface area contributed by atoms with Crippen LogP contribution in [0.15, 0.2) is 12.1 Å². The van der Waals surface area contributed by atoms with Gasteiger partial charge in [-0.05, 0) is 55.2 Å². The summed E-state index contributed by atoms with van der Waals surface area (Å²) in [5.74, 6) is 2.48. The molecule has 2 fully saturated rings. The number of anilines is 1. The summed E-state index contributed by atoms with van der Waals surface area (Å²) in [6, 6.07) is 5.36. The van der Waals surface area contributed by atoms with Gasteiger partial charge in [-0.3, -0.25) is 0 Å². The van der Waals surface area contributed by atoms with Crippen molar-refractivity contribution in [3.05, 3.63) is 23.4 Å². The van der Waals surface area contributed by atoms with E-state index in [1.165, 1.54) is 42.8 Å². The predicted molar refractivity (Wildman–Crippen MR) is 88.8 cm³/mol. The molecule has 116 valence electrons. The summed E-state index contributed by atoms with van der Waals surface area (Å²) in [5, 5.41) is 3.63. The van der Waals surface area contributed by atoms with E-state index in [9.17, 15) is 0 Å². The van der Waals surface area contributed by atoms with Crippen LogP contribution in [0, 0.1) is 5.92 Å². The standard InChI is InChI=1S/C18H29N3/c1-13(2)17-9-15(11-19-16-6-7-16)10-18(20-17)21-8-4-5-14(3)12-21/h9-10,13-14,16,19H,4-8,11-12H2,1-3H3. The first kappa shape index (κ1) is 14.8. The Balaban J connectivity index is 1.79. The second-order valence-corrected chi connectivity index (χ2v) is 7.26. The summed E-state index contributed by atoms with van der Waals surface area (Å²) >= 11 is 0. The van der Waals surface area contributed by atoms with E-state index >= 15 is 0 Å². The van der Waals surface area contributed by atoms with Crippen LogP contribution in [0.2, 0.25) is 0 Å². The Hall–Kier alpha value is -1.09. The van der Waals surface area contributed by atoms with Crippen LogP contribution in [-0.4, -0.2) is 24.1 Å². The minimum absolute atomic E-state index is 0.492. The molecule has 3 rings (SSSR count). The zero-order valence-electron chi connectivity index (χ0n) is 13.7. The molecule has 0 aromatic carbocycles. The van der Waals surface area contributed by atoms with Gasteiger partial charge < -0.3 is 10.2 Å². The minimum Gasteiger partial charge on any atom is -0.356 e. The van der Waals surface area contributed by atoms with E-state index in [0.29, 0.717) is 5.92 Å². The normalized spacial score (nSPS) is 22.9. The molecule has 0 radical (unpaired) electrons. The first-order valence-corrected chi connectivity index (χ1v) is 8.61. The van der Waals surface area contributed by atoms with Crippen LogP contribution in [0.3, 0.4) is 0 Å². The van der Waals surface area contributed by atoms with Crippen molar-refractivity contribution in [3.63, 3.8) is 0 Å². The lowest BCUT2D eigenvalue weighted by Gasteiger charge is -2.32. The molecule has 2 heterocycles. The molecular weight excluding hydrogens is 258 g/mol. The highest BCUT2D eigenvalue weighted by atomic mass is 15.2. The molecule has 1 N–H and O–H groups in total. The van der Waals surface area contributed by atoms with Crippen LogP contribution in [0.5, 0.6) is 0 Å². The van der Waals surface area contributed by atoms with Crippen molar-refractivity contribution in [3.8, 4) is 0 Å². The molecule has 0 spiro atoms. The van der Waals surface area contributed by atoms with Gasteiger partial charge in [-0.2, -0.15) is 0 Å². The Kier molecular flexibility index (Phi) is 4.48. The van der Waals surface area contributed by atoms with E-state index in [1.807, 2.05) is 0 Å². The Morgan fingerprint density at radius 2 is 2.10 bits per heavy atom. The highest BCUT2D eigenvalue weighted by Gasteiger charge is 2.21. The summed E-state index contributed by atoms with van der Waals surface area (Å²) in [4.78, 5) is 7.42. The van der Waals surface area contributed by atoms with Gasteiger partial charge in [0.1, 0.15) is 5.82 Å². The van der Waals surface area contributed by atoms with Gasteiger partial charge in [-0.15, -0.1) is 0 Å². The number of hydrogen-bond donors (Lipinski definition) is 1. The summed E-state index contributed by atoms with van der Waals surface area (Å²) in [7, 11) is 0. The van der Waals surface area contributed by atoms with Gasteiger partial charge in [0, 0.05) is 31.4 Å². The summed E-state index contributed by atoms with van der Waals surface area (Å²) < 4.78 is 0. The first-order valence-electron chi connectivity index (χ1n) is 8.61. The Morgan fingerprint density at radius 3 is 2.76 bits per heavy atom. The summed E-state index contributed by atoms with van der Waals surface area (Å²) in [6.07, 6.45) is 5.35. The SMILES string of the molecule is CC1CCCN(c2cc(CNC3CC3)cc(C(C)C)n2)C1. The molecule has 1 unspecified atom stereocenters. The zero-order chi connectivity index (χ0) is 14.8. The van der Waals surface area contributed by atoms with Crippen molar-refractivity contribution in [2.75, 3.05) is 18.0 Å². The highest BCUT2D eigenvalue weighted by Crippen LogP contribution is 2.26. The van der Waals surface area contributed by atoms with Gasteiger partial charge >= 0.3 is 0 Å². The maximum absolute atomic E-state index is 4.93. The van der Waals surface area contributed by atoms with Gasteiger partial charge in [-0.25, -0.2) is 4.98 Å². The lowest BCUT2D eigenvalue weighted by atomic mass is 10.00. The first-order chi connectivity index (χ1) is 10.1. The molecule has 1 aliphatic carbocycles. The summed E-state index contributed by atoms with van der Waals surface area (Å²) in [5.41, 5.74) is 2.63. The molecule has 1 aromatic heterocycles. The fraction of sp³-hybridized carbons (Fsp3) is 0.722. The van der Waals surface area contributed by atoms with Crippen molar-refractivity contribution in [1.29, 1.82) is 0 Å². The van der Waals surface area contributed by atoms with Crippen LogP contribution in [0.1, 0.15) is 63.6 Å². The number of nitrogens with zero attached hydrogens (tertiary/aromatic N) is 2. The van der Waals surface area contributed by atoms with E-state index in [4.69, 9.17) is 4.98 Å². The van der Waals surface area contributed by atoms with Gasteiger partial charge in [0.25, 0.3) is 0 Å². The number of aromatic nitrogens is 1. The van der Waals surface area contributed by atoms with Gasteiger partial charge in [0.05, 0.1) is 0 Å². The maximum Gasteiger partial charge on any atom is 0.129 e. The number of piperidine rings is 1. The van der Waals surface area contributed by atoms with Gasteiger partial charge in [0.2, 0.25) is 0 Å². The lowest BCUT2D eigenvalue weighted by molar-refractivity contribution is 0.444. The Morgan fingerprint density at radius 1 is 1.29 bits per heavy atom. The van der Waals surface area contributed by atoms with Crippen LogP contribution in [-0.2, 0) is 6.54 Å². The van der Waals surface area contributed by atoms with Crippen LogP contribution < -0.4 is 10.2 Å². The maximum atomic E-state index is 4.93. The molecule has 3 heteroatoms. The number of pyridine rings is 1. The molecular formula is C18H29N3. The van der Waals surface area contributed by atoms with E-state index in [2.05, 4.69) is 43.1 Å². The number of rotatable bonds is 5. The number of hydrogen-bond acceptors (Lipinski definition) is 3. The second-order valence-electron chi connectivity index (χ2n) is 7.26. The quantitative estimate of drug-likeness (QED) is 0.895. The van der Waals surface area contributed by atoms with Gasteiger partial charge in [0.15, 0.2) is 0 Å². The van der Waals surface area contributed by atoms with Crippen molar-refractivity contribution < 1.29 is 0 Å². The van der Waals surface area contributed by atoms with Crippen molar-refractivity contribution in [2.24, 2.45) is 5.92 Å². The monoisotopic (exact) mass is 287 g/mol. The van der Waals surface area contributed by atoms with Crippen LogP contribution >= 0.6 is 0 Å². The lowest BCUT2D eigenvalue weighted by Crippen LogP contribution is -2.35. The van der Waals surface area contributed by atoms with Gasteiger partial charge in [-0.1, -0.05) is 20.8 Å². The molecule has 21 heavy (non-hydrogen) atoms. The molecule has 1 atom stereocenters. The molecule has 2 aliphatic rings. The number of nitrogens with one attached hydrogen (secondary N) is 1. The van der Waals surface area contributed by atoms with Crippen LogP contribution in [0.4, 0.5) is 5.82 Å². The van der Waals surface area contributed by atoms with Crippen molar-refractivity contribution in [1.82, 2.24) is 10.3 Å². The molecule has 1 saturated carbocycles. The predicted octanol–water partition coefficient (Wildman–Crippen LogP) is 3.69. The molecule has 1 aliphatic heterocycles. The molecule has 3 nitrogen and oxygen atoms in total.